The highest BCUT2D eigenvalue weighted by Crippen LogP contribution is 2.24. The van der Waals surface area contributed by atoms with Gasteiger partial charge in [0.05, 0.1) is 5.56 Å². The van der Waals surface area contributed by atoms with Crippen LogP contribution in [-0.4, -0.2) is 30.2 Å². The van der Waals surface area contributed by atoms with E-state index in [2.05, 4.69) is 15.0 Å². The lowest BCUT2D eigenvalue weighted by Crippen LogP contribution is -2.23. The Morgan fingerprint density at radius 3 is 2.72 bits per heavy atom. The van der Waals surface area contributed by atoms with Crippen LogP contribution in [0.25, 0.3) is 0 Å². The van der Waals surface area contributed by atoms with Gasteiger partial charge in [-0.05, 0) is 13.0 Å². The number of nitrogens with zero attached hydrogens (tertiary/aromatic N) is 1. The number of pyridine rings is 1. The fourth-order valence-corrected chi connectivity index (χ4v) is 1.29. The number of aromatic nitrogens is 1. The molecule has 1 aromatic heterocycles. The smallest absolute Gasteiger partial charge is 0.422 e. The van der Waals surface area contributed by atoms with Crippen LogP contribution in [0.1, 0.15) is 17.3 Å². The summed E-state index contributed by atoms with van der Waals surface area (Å²) >= 11 is 5.67. The topological polar surface area (TPSA) is 51.2 Å². The first-order valence-corrected chi connectivity index (χ1v) is 5.34. The van der Waals surface area contributed by atoms with Gasteiger partial charge in [-0.3, -0.25) is 4.79 Å². The number of halogens is 4. The summed E-state index contributed by atoms with van der Waals surface area (Å²) in [6.45, 7) is 0.663. The molecule has 0 atom stereocenters. The van der Waals surface area contributed by atoms with E-state index in [9.17, 15) is 18.0 Å². The van der Waals surface area contributed by atoms with Gasteiger partial charge in [-0.25, -0.2) is 4.98 Å². The molecular weight excluding hydrogens is 273 g/mol. The number of ether oxygens (including phenoxy) is 1. The lowest BCUT2D eigenvalue weighted by Gasteiger charge is -2.10. The van der Waals surface area contributed by atoms with Gasteiger partial charge >= 0.3 is 6.18 Å². The average molecular weight is 283 g/mol. The molecule has 0 aliphatic carbocycles. The van der Waals surface area contributed by atoms with E-state index in [1.54, 1.807) is 6.92 Å². The van der Waals surface area contributed by atoms with Crippen LogP contribution < -0.4 is 10.1 Å². The molecule has 0 aromatic carbocycles. The zero-order valence-electron chi connectivity index (χ0n) is 9.34. The monoisotopic (exact) mass is 282 g/mol. The molecule has 8 heteroatoms. The van der Waals surface area contributed by atoms with Crippen LogP contribution in [0.5, 0.6) is 5.88 Å². The minimum Gasteiger partial charge on any atom is -0.467 e. The Kier molecular flexibility index (Phi) is 4.77. The van der Waals surface area contributed by atoms with Gasteiger partial charge in [0.2, 0.25) is 5.88 Å². The van der Waals surface area contributed by atoms with Crippen LogP contribution in [-0.2, 0) is 0 Å². The van der Waals surface area contributed by atoms with Crippen LogP contribution >= 0.6 is 11.6 Å². The molecule has 0 spiro atoms. The van der Waals surface area contributed by atoms with Crippen LogP contribution in [0.2, 0.25) is 5.02 Å². The zero-order valence-corrected chi connectivity index (χ0v) is 10.1. The van der Waals surface area contributed by atoms with Crippen molar-refractivity contribution in [2.24, 2.45) is 0 Å². The second kappa shape index (κ2) is 5.90. The molecule has 4 nitrogen and oxygen atoms in total. The first kappa shape index (κ1) is 14.6. The third kappa shape index (κ3) is 4.40. The molecular formula is C10H10ClF3N2O2. The molecule has 100 valence electrons. The number of rotatable bonds is 4. The van der Waals surface area contributed by atoms with Crippen molar-refractivity contribution in [3.63, 3.8) is 0 Å². The number of hydrogen-bond donors (Lipinski definition) is 1. The Bertz CT molecular complexity index is 438. The highest BCUT2D eigenvalue weighted by molar-refractivity contribution is 6.32. The molecule has 1 aromatic rings. The zero-order chi connectivity index (χ0) is 13.8. The maximum absolute atomic E-state index is 11.9. The number of amides is 1. The van der Waals surface area contributed by atoms with Crippen LogP contribution in [0, 0.1) is 0 Å². The maximum atomic E-state index is 11.9. The minimum atomic E-state index is -4.47. The molecule has 0 aliphatic rings. The van der Waals surface area contributed by atoms with E-state index in [-0.39, 0.29) is 16.5 Å². The van der Waals surface area contributed by atoms with E-state index in [4.69, 9.17) is 11.6 Å². The quantitative estimate of drug-likeness (QED) is 0.923. The largest absolute Gasteiger partial charge is 0.467 e. The first-order valence-electron chi connectivity index (χ1n) is 4.96. The van der Waals surface area contributed by atoms with Crippen molar-refractivity contribution in [2.45, 2.75) is 13.1 Å². The molecule has 1 amide bonds. The molecule has 0 unspecified atom stereocenters. The summed E-state index contributed by atoms with van der Waals surface area (Å²) in [5.74, 6) is -0.767. The van der Waals surface area contributed by atoms with E-state index < -0.39 is 18.7 Å². The van der Waals surface area contributed by atoms with Crippen molar-refractivity contribution in [2.75, 3.05) is 13.2 Å². The van der Waals surface area contributed by atoms with Crippen molar-refractivity contribution < 1.29 is 22.7 Å². The molecule has 0 aliphatic heterocycles. The molecule has 1 heterocycles. The number of hydrogen-bond acceptors (Lipinski definition) is 3. The fraction of sp³-hybridized carbons (Fsp3) is 0.400. The summed E-state index contributed by atoms with van der Waals surface area (Å²) in [7, 11) is 0. The molecule has 0 saturated carbocycles. The van der Waals surface area contributed by atoms with Gasteiger partial charge in [0.15, 0.2) is 6.61 Å². The summed E-state index contributed by atoms with van der Waals surface area (Å²) in [6.07, 6.45) is -3.37. The van der Waals surface area contributed by atoms with Gasteiger partial charge < -0.3 is 10.1 Å². The Morgan fingerprint density at radius 2 is 2.22 bits per heavy atom. The average Bonchev–Trinajstić information content (AvgIpc) is 2.26. The fourth-order valence-electron chi connectivity index (χ4n) is 1.07. The molecule has 0 fully saturated rings. The molecule has 0 bridgehead atoms. The van der Waals surface area contributed by atoms with Crippen LogP contribution in [0.3, 0.4) is 0 Å². The van der Waals surface area contributed by atoms with E-state index in [1.165, 1.54) is 6.07 Å². The summed E-state index contributed by atoms with van der Waals surface area (Å²) in [5, 5.41) is 2.36. The molecule has 1 rings (SSSR count). The van der Waals surface area contributed by atoms with Crippen LogP contribution in [0.4, 0.5) is 13.2 Å². The van der Waals surface area contributed by atoms with Crippen molar-refractivity contribution in [1.82, 2.24) is 10.3 Å². The second-order valence-electron chi connectivity index (χ2n) is 3.27. The predicted molar refractivity (Wildman–Crippen MR) is 58.8 cm³/mol. The molecule has 0 radical (unpaired) electrons. The standard InChI is InChI=1S/C10H10ClF3N2O2/c1-2-15-8(17)6-3-7(11)9(16-4-6)18-5-10(12,13)14/h3-4H,2,5H2,1H3,(H,15,17). The van der Waals surface area contributed by atoms with Gasteiger partial charge in [-0.15, -0.1) is 0 Å². The number of carbonyl (C=O) groups is 1. The van der Waals surface area contributed by atoms with E-state index in [0.29, 0.717) is 6.54 Å². The van der Waals surface area contributed by atoms with Crippen LogP contribution in [0.15, 0.2) is 12.3 Å². The van der Waals surface area contributed by atoms with Gasteiger partial charge in [0, 0.05) is 12.7 Å². The lowest BCUT2D eigenvalue weighted by atomic mass is 10.2. The summed E-state index contributed by atoms with van der Waals surface area (Å²) in [5.41, 5.74) is 0.154. The maximum Gasteiger partial charge on any atom is 0.422 e. The van der Waals surface area contributed by atoms with E-state index in [1.807, 2.05) is 0 Å². The third-order valence-corrected chi connectivity index (χ3v) is 2.05. The van der Waals surface area contributed by atoms with Gasteiger partial charge in [-0.1, -0.05) is 11.6 Å². The van der Waals surface area contributed by atoms with Gasteiger partial charge in [-0.2, -0.15) is 13.2 Å². The Balaban J connectivity index is 2.77. The SMILES string of the molecule is CCNC(=O)c1cnc(OCC(F)(F)F)c(Cl)c1. The first-order chi connectivity index (χ1) is 8.33. The summed E-state index contributed by atoms with van der Waals surface area (Å²) in [4.78, 5) is 15.0. The Labute approximate surface area is 106 Å². The summed E-state index contributed by atoms with van der Waals surface area (Å²) in [6, 6.07) is 1.20. The summed E-state index contributed by atoms with van der Waals surface area (Å²) < 4.78 is 40.2. The molecule has 1 N–H and O–H groups in total. The van der Waals surface area contributed by atoms with Crippen molar-refractivity contribution in [3.8, 4) is 5.88 Å². The highest BCUT2D eigenvalue weighted by Gasteiger charge is 2.29. The minimum absolute atomic E-state index is 0.150. The highest BCUT2D eigenvalue weighted by atomic mass is 35.5. The third-order valence-electron chi connectivity index (χ3n) is 1.78. The molecule has 0 saturated heterocycles. The van der Waals surface area contributed by atoms with E-state index in [0.717, 1.165) is 6.20 Å². The van der Waals surface area contributed by atoms with Gasteiger partial charge in [0.25, 0.3) is 5.91 Å². The van der Waals surface area contributed by atoms with E-state index >= 15 is 0 Å². The second-order valence-corrected chi connectivity index (χ2v) is 3.68. The number of alkyl halides is 3. The lowest BCUT2D eigenvalue weighted by molar-refractivity contribution is -0.154. The van der Waals surface area contributed by atoms with Crippen molar-refractivity contribution in [1.29, 1.82) is 0 Å². The van der Waals surface area contributed by atoms with Gasteiger partial charge in [0.1, 0.15) is 5.02 Å². The van der Waals surface area contributed by atoms with Crippen molar-refractivity contribution in [3.05, 3.63) is 22.8 Å². The normalized spacial score (nSPS) is 11.2. The number of carbonyl (C=O) groups excluding carboxylic acids is 1. The van der Waals surface area contributed by atoms with Crippen molar-refractivity contribution >= 4 is 17.5 Å². The predicted octanol–water partition coefficient (Wildman–Crippen LogP) is 2.43. The Hall–Kier alpha value is -1.50. The molecule has 18 heavy (non-hydrogen) atoms. The number of nitrogens with one attached hydrogen (secondary N) is 1. The Morgan fingerprint density at radius 1 is 1.56 bits per heavy atom.